The summed E-state index contributed by atoms with van der Waals surface area (Å²) >= 11 is 13.5. The predicted molar refractivity (Wildman–Crippen MR) is 95.8 cm³/mol. The summed E-state index contributed by atoms with van der Waals surface area (Å²) in [5.41, 5.74) is 7.94. The second-order valence-electron chi connectivity index (χ2n) is 4.95. The standard InChI is InChI=1S/C16H16Cl2N4S/c1-2-3-4-14-12(8-19)15(20)22-16(21-14)23-9-10-5-6-11(17)7-13(10)18/h5-7H,2-4,9H2,1H3,(H2,20,21,22). The molecule has 2 N–H and O–H groups in total. The first-order chi connectivity index (χ1) is 11.0. The van der Waals surface area contributed by atoms with E-state index in [9.17, 15) is 5.26 Å². The van der Waals surface area contributed by atoms with Gasteiger partial charge in [-0.1, -0.05) is 54.4 Å². The van der Waals surface area contributed by atoms with Crippen LogP contribution in [0, 0.1) is 11.3 Å². The Labute approximate surface area is 150 Å². The lowest BCUT2D eigenvalue weighted by molar-refractivity contribution is 0.755. The number of hydrogen-bond donors (Lipinski definition) is 1. The summed E-state index contributed by atoms with van der Waals surface area (Å²) < 4.78 is 0. The molecule has 0 saturated heterocycles. The maximum Gasteiger partial charge on any atom is 0.190 e. The number of anilines is 1. The summed E-state index contributed by atoms with van der Waals surface area (Å²) in [6.45, 7) is 2.09. The highest BCUT2D eigenvalue weighted by Crippen LogP contribution is 2.28. The van der Waals surface area contributed by atoms with E-state index >= 15 is 0 Å². The van der Waals surface area contributed by atoms with Crippen LogP contribution < -0.4 is 5.73 Å². The molecule has 0 aliphatic rings. The van der Waals surface area contributed by atoms with Crippen molar-refractivity contribution >= 4 is 40.8 Å². The molecule has 0 spiro atoms. The van der Waals surface area contributed by atoms with Gasteiger partial charge in [0.2, 0.25) is 0 Å². The van der Waals surface area contributed by atoms with E-state index in [0.29, 0.717) is 32.2 Å². The van der Waals surface area contributed by atoms with E-state index in [1.54, 1.807) is 12.1 Å². The molecule has 0 fully saturated rings. The number of rotatable bonds is 6. The molecule has 0 unspecified atom stereocenters. The minimum Gasteiger partial charge on any atom is -0.382 e. The summed E-state index contributed by atoms with van der Waals surface area (Å²) in [7, 11) is 0. The van der Waals surface area contributed by atoms with Crippen LogP contribution in [-0.2, 0) is 12.2 Å². The Balaban J connectivity index is 2.19. The van der Waals surface area contributed by atoms with Gasteiger partial charge >= 0.3 is 0 Å². The summed E-state index contributed by atoms with van der Waals surface area (Å²) in [4.78, 5) is 8.70. The van der Waals surface area contributed by atoms with Gasteiger partial charge in [-0.25, -0.2) is 9.97 Å². The molecule has 1 aromatic heterocycles. The fourth-order valence-corrected chi connectivity index (χ4v) is 3.42. The molecule has 0 bridgehead atoms. The number of thioether (sulfide) groups is 1. The molecule has 2 rings (SSSR count). The summed E-state index contributed by atoms with van der Waals surface area (Å²) in [5, 5.41) is 11.0. The minimum absolute atomic E-state index is 0.235. The van der Waals surface area contributed by atoms with Gasteiger partial charge in [0.05, 0.1) is 5.69 Å². The fourth-order valence-electron chi connectivity index (χ4n) is 2.00. The second kappa shape index (κ2) is 8.39. The molecule has 0 aliphatic heterocycles. The van der Waals surface area contributed by atoms with Crippen molar-refractivity contribution in [3.8, 4) is 6.07 Å². The number of hydrogen-bond acceptors (Lipinski definition) is 5. The predicted octanol–water partition coefficient (Wildman–Crippen LogP) is 4.87. The Morgan fingerprint density at radius 3 is 2.74 bits per heavy atom. The first kappa shape index (κ1) is 17.9. The number of aromatic nitrogens is 2. The van der Waals surface area contributed by atoms with Gasteiger partial charge in [-0.3, -0.25) is 0 Å². The molecule has 0 saturated carbocycles. The van der Waals surface area contributed by atoms with Crippen LogP contribution in [0.2, 0.25) is 10.0 Å². The first-order valence-electron chi connectivity index (χ1n) is 7.18. The molecule has 4 nitrogen and oxygen atoms in total. The molecule has 7 heteroatoms. The molecule has 120 valence electrons. The van der Waals surface area contributed by atoms with Crippen LogP contribution in [0.25, 0.3) is 0 Å². The lowest BCUT2D eigenvalue weighted by Gasteiger charge is -2.08. The SMILES string of the molecule is CCCCc1nc(SCc2ccc(Cl)cc2Cl)nc(N)c1C#N. The molecular formula is C16H16Cl2N4S. The highest BCUT2D eigenvalue weighted by atomic mass is 35.5. The number of nitrogens with two attached hydrogens (primary N) is 1. The van der Waals surface area contributed by atoms with Crippen molar-refractivity contribution in [3.63, 3.8) is 0 Å². The van der Waals surface area contributed by atoms with Crippen LogP contribution in [0.1, 0.15) is 36.6 Å². The summed E-state index contributed by atoms with van der Waals surface area (Å²) in [5.74, 6) is 0.840. The molecule has 0 aliphatic carbocycles. The van der Waals surface area contributed by atoms with Crippen LogP contribution >= 0.6 is 35.0 Å². The van der Waals surface area contributed by atoms with Crippen molar-refractivity contribution in [2.75, 3.05) is 5.73 Å². The Morgan fingerprint density at radius 1 is 1.30 bits per heavy atom. The number of aryl methyl sites for hydroxylation is 1. The number of benzene rings is 1. The fraction of sp³-hybridized carbons (Fsp3) is 0.312. The topological polar surface area (TPSA) is 75.6 Å². The second-order valence-corrected chi connectivity index (χ2v) is 6.74. The van der Waals surface area contributed by atoms with E-state index in [4.69, 9.17) is 28.9 Å². The van der Waals surface area contributed by atoms with E-state index in [0.717, 1.165) is 24.8 Å². The van der Waals surface area contributed by atoms with E-state index in [1.807, 2.05) is 6.07 Å². The maximum absolute atomic E-state index is 9.21. The average molecular weight is 367 g/mol. The normalized spacial score (nSPS) is 10.5. The summed E-state index contributed by atoms with van der Waals surface area (Å²) in [6, 6.07) is 7.48. The van der Waals surface area contributed by atoms with Crippen molar-refractivity contribution < 1.29 is 0 Å². The number of unbranched alkanes of at least 4 members (excludes halogenated alkanes) is 1. The Kier molecular flexibility index (Phi) is 6.52. The van der Waals surface area contributed by atoms with Gasteiger partial charge < -0.3 is 5.73 Å². The smallest absolute Gasteiger partial charge is 0.190 e. The van der Waals surface area contributed by atoms with Crippen LogP contribution in [0.5, 0.6) is 0 Å². The first-order valence-corrected chi connectivity index (χ1v) is 8.92. The van der Waals surface area contributed by atoms with Gasteiger partial charge in [0.25, 0.3) is 0 Å². The van der Waals surface area contributed by atoms with Crippen molar-refractivity contribution in [3.05, 3.63) is 45.1 Å². The van der Waals surface area contributed by atoms with Gasteiger partial charge in [-0.05, 0) is 30.5 Å². The third-order valence-electron chi connectivity index (χ3n) is 3.24. The molecule has 0 atom stereocenters. The maximum atomic E-state index is 9.21. The molecule has 2 aromatic rings. The highest BCUT2D eigenvalue weighted by molar-refractivity contribution is 7.98. The van der Waals surface area contributed by atoms with Crippen LogP contribution in [0.3, 0.4) is 0 Å². The Bertz CT molecular complexity index is 744. The molecule has 1 heterocycles. The molecule has 23 heavy (non-hydrogen) atoms. The van der Waals surface area contributed by atoms with Gasteiger partial charge in [-0.2, -0.15) is 5.26 Å². The van der Waals surface area contributed by atoms with E-state index < -0.39 is 0 Å². The zero-order valence-electron chi connectivity index (χ0n) is 12.6. The molecule has 0 radical (unpaired) electrons. The van der Waals surface area contributed by atoms with Crippen molar-refractivity contribution in [2.45, 2.75) is 37.1 Å². The highest BCUT2D eigenvalue weighted by Gasteiger charge is 2.13. The van der Waals surface area contributed by atoms with Crippen LogP contribution in [0.15, 0.2) is 23.4 Å². The van der Waals surface area contributed by atoms with Crippen LogP contribution in [-0.4, -0.2) is 9.97 Å². The van der Waals surface area contributed by atoms with Crippen molar-refractivity contribution in [2.24, 2.45) is 0 Å². The lowest BCUT2D eigenvalue weighted by Crippen LogP contribution is -2.05. The van der Waals surface area contributed by atoms with Crippen molar-refractivity contribution in [1.29, 1.82) is 5.26 Å². The zero-order valence-corrected chi connectivity index (χ0v) is 15.0. The number of halogens is 2. The number of nitrogen functional groups attached to an aromatic ring is 1. The average Bonchev–Trinajstić information content (AvgIpc) is 2.51. The largest absolute Gasteiger partial charge is 0.382 e. The zero-order chi connectivity index (χ0) is 16.8. The molecule has 1 aromatic carbocycles. The summed E-state index contributed by atoms with van der Waals surface area (Å²) in [6.07, 6.45) is 2.71. The minimum atomic E-state index is 0.235. The van der Waals surface area contributed by atoms with Crippen LogP contribution in [0.4, 0.5) is 5.82 Å². The van der Waals surface area contributed by atoms with Crippen molar-refractivity contribution in [1.82, 2.24) is 9.97 Å². The van der Waals surface area contributed by atoms with Gasteiger partial charge in [0.1, 0.15) is 17.5 Å². The third-order valence-corrected chi connectivity index (χ3v) is 4.73. The molecular weight excluding hydrogens is 351 g/mol. The third kappa shape index (κ3) is 4.74. The van der Waals surface area contributed by atoms with E-state index in [1.165, 1.54) is 11.8 Å². The van der Waals surface area contributed by atoms with E-state index in [-0.39, 0.29) is 5.82 Å². The van der Waals surface area contributed by atoms with Gasteiger partial charge in [0.15, 0.2) is 5.16 Å². The number of nitriles is 1. The van der Waals surface area contributed by atoms with E-state index in [2.05, 4.69) is 23.0 Å². The lowest BCUT2D eigenvalue weighted by atomic mass is 10.1. The quantitative estimate of drug-likeness (QED) is 0.582. The Hall–Kier alpha value is -1.48. The number of nitrogens with zero attached hydrogens (tertiary/aromatic N) is 3. The molecule has 0 amide bonds. The van der Waals surface area contributed by atoms with Gasteiger partial charge in [0, 0.05) is 15.8 Å². The Morgan fingerprint density at radius 2 is 2.09 bits per heavy atom. The monoisotopic (exact) mass is 366 g/mol. The van der Waals surface area contributed by atoms with Gasteiger partial charge in [-0.15, -0.1) is 0 Å².